The standard InChI is InChI=1S/C13H19N/c1-4-12(9-14)8-13-7-10(2)5-6-11(13)3/h5-8H,4,9,14H2,1-3H3. The first-order valence-corrected chi connectivity index (χ1v) is 5.14. The highest BCUT2D eigenvalue weighted by Crippen LogP contribution is 2.15. The molecule has 0 amide bonds. The van der Waals surface area contributed by atoms with Gasteiger partial charge in [0.2, 0.25) is 0 Å². The zero-order valence-corrected chi connectivity index (χ0v) is 9.30. The molecule has 0 fully saturated rings. The number of rotatable bonds is 3. The second-order valence-corrected chi connectivity index (χ2v) is 3.72. The third-order valence-corrected chi connectivity index (χ3v) is 2.51. The summed E-state index contributed by atoms with van der Waals surface area (Å²) < 4.78 is 0. The van der Waals surface area contributed by atoms with Gasteiger partial charge in [-0.05, 0) is 31.4 Å². The predicted molar refractivity (Wildman–Crippen MR) is 63.2 cm³/mol. The molecule has 0 saturated heterocycles. The summed E-state index contributed by atoms with van der Waals surface area (Å²) in [4.78, 5) is 0. The van der Waals surface area contributed by atoms with Crippen molar-refractivity contribution in [3.05, 3.63) is 40.5 Å². The van der Waals surface area contributed by atoms with Gasteiger partial charge in [-0.15, -0.1) is 0 Å². The van der Waals surface area contributed by atoms with Crippen molar-refractivity contribution >= 4 is 6.08 Å². The number of hydrogen-bond donors (Lipinski definition) is 1. The van der Waals surface area contributed by atoms with Crippen LogP contribution < -0.4 is 5.73 Å². The Morgan fingerprint density at radius 2 is 2.07 bits per heavy atom. The first kappa shape index (κ1) is 11.0. The van der Waals surface area contributed by atoms with Crippen molar-refractivity contribution in [2.45, 2.75) is 27.2 Å². The number of benzene rings is 1. The summed E-state index contributed by atoms with van der Waals surface area (Å²) in [6.07, 6.45) is 3.24. The first-order chi connectivity index (χ1) is 6.67. The van der Waals surface area contributed by atoms with Crippen molar-refractivity contribution in [1.29, 1.82) is 0 Å². The Morgan fingerprint density at radius 3 is 2.64 bits per heavy atom. The molecule has 0 spiro atoms. The summed E-state index contributed by atoms with van der Waals surface area (Å²) in [6.45, 7) is 7.05. The summed E-state index contributed by atoms with van der Waals surface area (Å²) in [6, 6.07) is 6.51. The molecule has 14 heavy (non-hydrogen) atoms. The van der Waals surface area contributed by atoms with E-state index in [0.29, 0.717) is 6.54 Å². The van der Waals surface area contributed by atoms with E-state index in [1.165, 1.54) is 22.3 Å². The van der Waals surface area contributed by atoms with Crippen LogP contribution in [0.4, 0.5) is 0 Å². The molecule has 1 heteroatoms. The molecule has 1 rings (SSSR count). The van der Waals surface area contributed by atoms with Crippen molar-refractivity contribution < 1.29 is 0 Å². The average Bonchev–Trinajstić information content (AvgIpc) is 2.19. The highest BCUT2D eigenvalue weighted by molar-refractivity contribution is 5.57. The van der Waals surface area contributed by atoms with Crippen LogP contribution in [0.3, 0.4) is 0 Å². The highest BCUT2D eigenvalue weighted by atomic mass is 14.5. The molecule has 0 aromatic heterocycles. The van der Waals surface area contributed by atoms with E-state index in [9.17, 15) is 0 Å². The van der Waals surface area contributed by atoms with Crippen molar-refractivity contribution in [3.8, 4) is 0 Å². The maximum Gasteiger partial charge on any atom is 0.0140 e. The Balaban J connectivity index is 3.06. The first-order valence-electron chi connectivity index (χ1n) is 5.14. The van der Waals surface area contributed by atoms with Crippen LogP contribution in [0.15, 0.2) is 23.8 Å². The van der Waals surface area contributed by atoms with Gasteiger partial charge in [-0.2, -0.15) is 0 Å². The van der Waals surface area contributed by atoms with E-state index in [2.05, 4.69) is 45.0 Å². The lowest BCUT2D eigenvalue weighted by Gasteiger charge is -2.05. The molecule has 1 nitrogen and oxygen atoms in total. The van der Waals surface area contributed by atoms with E-state index in [-0.39, 0.29) is 0 Å². The van der Waals surface area contributed by atoms with Gasteiger partial charge in [-0.25, -0.2) is 0 Å². The molecule has 0 radical (unpaired) electrons. The second kappa shape index (κ2) is 4.97. The minimum absolute atomic E-state index is 0.657. The fourth-order valence-corrected chi connectivity index (χ4v) is 1.44. The van der Waals surface area contributed by atoms with Crippen molar-refractivity contribution in [1.82, 2.24) is 0 Å². The molecule has 0 bridgehead atoms. The molecule has 0 aliphatic rings. The van der Waals surface area contributed by atoms with Crippen LogP contribution in [0.25, 0.3) is 6.08 Å². The Kier molecular flexibility index (Phi) is 3.90. The summed E-state index contributed by atoms with van der Waals surface area (Å²) in [5, 5.41) is 0. The third kappa shape index (κ3) is 2.71. The Bertz CT molecular complexity index is 331. The van der Waals surface area contributed by atoms with Crippen molar-refractivity contribution in [2.24, 2.45) is 5.73 Å². The van der Waals surface area contributed by atoms with Gasteiger partial charge in [-0.1, -0.05) is 42.3 Å². The maximum absolute atomic E-state index is 5.65. The lowest BCUT2D eigenvalue weighted by atomic mass is 10.0. The summed E-state index contributed by atoms with van der Waals surface area (Å²) in [7, 11) is 0. The molecule has 1 aromatic carbocycles. The van der Waals surface area contributed by atoms with Crippen LogP contribution in [0.5, 0.6) is 0 Å². The van der Waals surface area contributed by atoms with E-state index in [4.69, 9.17) is 5.73 Å². The van der Waals surface area contributed by atoms with Crippen LogP contribution in [-0.2, 0) is 0 Å². The van der Waals surface area contributed by atoms with Crippen LogP contribution in [0.2, 0.25) is 0 Å². The lowest BCUT2D eigenvalue weighted by Crippen LogP contribution is -2.02. The van der Waals surface area contributed by atoms with Gasteiger partial charge in [0, 0.05) is 6.54 Å². The minimum Gasteiger partial charge on any atom is -0.327 e. The molecule has 0 aliphatic carbocycles. The number of nitrogens with two attached hydrogens (primary N) is 1. The molecule has 0 unspecified atom stereocenters. The molecule has 76 valence electrons. The van der Waals surface area contributed by atoms with Gasteiger partial charge >= 0.3 is 0 Å². The zero-order valence-electron chi connectivity index (χ0n) is 9.30. The Labute approximate surface area is 86.6 Å². The van der Waals surface area contributed by atoms with E-state index >= 15 is 0 Å². The SMILES string of the molecule is CCC(=Cc1cc(C)ccc1C)CN. The van der Waals surface area contributed by atoms with E-state index in [1.54, 1.807) is 0 Å². The molecule has 0 saturated carbocycles. The molecule has 0 heterocycles. The van der Waals surface area contributed by atoms with E-state index in [0.717, 1.165) is 6.42 Å². The molecule has 0 atom stereocenters. The fraction of sp³-hybridized carbons (Fsp3) is 0.385. The number of aryl methyl sites for hydroxylation is 2. The molecule has 0 aliphatic heterocycles. The molecular formula is C13H19N. The summed E-state index contributed by atoms with van der Waals surface area (Å²) in [5.74, 6) is 0. The normalized spacial score (nSPS) is 11.9. The minimum atomic E-state index is 0.657. The van der Waals surface area contributed by atoms with Gasteiger partial charge in [-0.3, -0.25) is 0 Å². The average molecular weight is 189 g/mol. The molecular weight excluding hydrogens is 170 g/mol. The van der Waals surface area contributed by atoms with Crippen LogP contribution >= 0.6 is 0 Å². The Morgan fingerprint density at radius 1 is 1.36 bits per heavy atom. The topological polar surface area (TPSA) is 26.0 Å². The monoisotopic (exact) mass is 189 g/mol. The van der Waals surface area contributed by atoms with Gasteiger partial charge in [0.15, 0.2) is 0 Å². The third-order valence-electron chi connectivity index (χ3n) is 2.51. The van der Waals surface area contributed by atoms with Crippen LogP contribution in [0, 0.1) is 13.8 Å². The number of hydrogen-bond acceptors (Lipinski definition) is 1. The smallest absolute Gasteiger partial charge is 0.0140 e. The van der Waals surface area contributed by atoms with Crippen LogP contribution in [-0.4, -0.2) is 6.54 Å². The van der Waals surface area contributed by atoms with E-state index < -0.39 is 0 Å². The van der Waals surface area contributed by atoms with Crippen LogP contribution in [0.1, 0.15) is 30.0 Å². The molecule has 2 N–H and O–H groups in total. The largest absolute Gasteiger partial charge is 0.327 e. The van der Waals surface area contributed by atoms with Gasteiger partial charge in [0.1, 0.15) is 0 Å². The zero-order chi connectivity index (χ0) is 10.6. The highest BCUT2D eigenvalue weighted by Gasteiger charge is 1.97. The maximum atomic E-state index is 5.65. The van der Waals surface area contributed by atoms with Crippen molar-refractivity contribution in [3.63, 3.8) is 0 Å². The summed E-state index contributed by atoms with van der Waals surface area (Å²) >= 11 is 0. The van der Waals surface area contributed by atoms with Gasteiger partial charge in [0.25, 0.3) is 0 Å². The second-order valence-electron chi connectivity index (χ2n) is 3.72. The predicted octanol–water partition coefficient (Wildman–Crippen LogP) is 3.06. The van der Waals surface area contributed by atoms with Crippen molar-refractivity contribution in [2.75, 3.05) is 6.54 Å². The van der Waals surface area contributed by atoms with E-state index in [1.807, 2.05) is 0 Å². The molecule has 1 aromatic rings. The van der Waals surface area contributed by atoms with Gasteiger partial charge in [0.05, 0.1) is 0 Å². The lowest BCUT2D eigenvalue weighted by molar-refractivity contribution is 1.02. The quantitative estimate of drug-likeness (QED) is 0.777. The summed E-state index contributed by atoms with van der Waals surface area (Å²) in [5.41, 5.74) is 10.9. The Hall–Kier alpha value is -1.08. The van der Waals surface area contributed by atoms with Gasteiger partial charge < -0.3 is 5.73 Å². The fourth-order valence-electron chi connectivity index (χ4n) is 1.44.